The molecule has 0 unspecified atom stereocenters. The SMILES string of the molecule is Cc1ncc([N+](=O)[O-])n1CCOC(=O)C=Cc1ccc(F)cc1[N+](=O)[O-]. The largest absolute Gasteiger partial charge is 0.458 e. The van der Waals surface area contributed by atoms with Crippen molar-refractivity contribution in [2.75, 3.05) is 6.61 Å². The molecule has 10 nitrogen and oxygen atoms in total. The molecule has 11 heteroatoms. The molecule has 0 N–H and O–H groups in total. The van der Waals surface area contributed by atoms with Gasteiger partial charge < -0.3 is 14.9 Å². The summed E-state index contributed by atoms with van der Waals surface area (Å²) >= 11 is 0. The molecule has 2 aromatic rings. The third kappa shape index (κ3) is 4.47. The number of nitro benzene ring substituents is 1. The zero-order valence-electron chi connectivity index (χ0n) is 13.5. The Bertz CT molecular complexity index is 892. The summed E-state index contributed by atoms with van der Waals surface area (Å²) in [5.74, 6) is -1.40. The van der Waals surface area contributed by atoms with Crippen LogP contribution >= 0.6 is 0 Å². The lowest BCUT2D eigenvalue weighted by Crippen LogP contribution is -2.12. The fraction of sp³-hybridized carbons (Fsp3) is 0.200. The van der Waals surface area contributed by atoms with Crippen LogP contribution in [0.1, 0.15) is 11.4 Å². The van der Waals surface area contributed by atoms with Crippen LogP contribution < -0.4 is 0 Å². The highest BCUT2D eigenvalue weighted by atomic mass is 19.1. The smallest absolute Gasteiger partial charge is 0.342 e. The molecule has 0 amide bonds. The van der Waals surface area contributed by atoms with Gasteiger partial charge in [-0.1, -0.05) is 0 Å². The van der Waals surface area contributed by atoms with E-state index in [1.54, 1.807) is 6.92 Å². The molecule has 0 aliphatic heterocycles. The fourth-order valence-electron chi connectivity index (χ4n) is 2.14. The van der Waals surface area contributed by atoms with E-state index in [9.17, 15) is 29.4 Å². The van der Waals surface area contributed by atoms with Crippen LogP contribution in [0.15, 0.2) is 30.5 Å². The van der Waals surface area contributed by atoms with Crippen molar-refractivity contribution in [3.05, 3.63) is 67.9 Å². The van der Waals surface area contributed by atoms with Gasteiger partial charge in [0.05, 0.1) is 16.6 Å². The van der Waals surface area contributed by atoms with E-state index in [0.717, 1.165) is 36.5 Å². The van der Waals surface area contributed by atoms with Crippen molar-refractivity contribution in [1.29, 1.82) is 0 Å². The second kappa shape index (κ2) is 7.96. The molecule has 0 bridgehead atoms. The molecule has 0 saturated heterocycles. The maximum atomic E-state index is 13.1. The summed E-state index contributed by atoms with van der Waals surface area (Å²) in [6.45, 7) is 1.44. The molecule has 0 saturated carbocycles. The minimum absolute atomic E-state index is 0.0262. The van der Waals surface area contributed by atoms with Gasteiger partial charge >= 0.3 is 11.8 Å². The molecule has 26 heavy (non-hydrogen) atoms. The molecule has 0 radical (unpaired) electrons. The Morgan fingerprint density at radius 2 is 2.08 bits per heavy atom. The maximum absolute atomic E-state index is 13.1. The van der Waals surface area contributed by atoms with Crippen LogP contribution in [0, 0.1) is 33.0 Å². The number of halogens is 1. The number of rotatable bonds is 7. The van der Waals surface area contributed by atoms with Crippen molar-refractivity contribution in [3.8, 4) is 0 Å². The minimum Gasteiger partial charge on any atom is -0.458 e. The lowest BCUT2D eigenvalue weighted by molar-refractivity contribution is -0.392. The number of benzene rings is 1. The van der Waals surface area contributed by atoms with Gasteiger partial charge in [0, 0.05) is 13.0 Å². The minimum atomic E-state index is -0.802. The first kappa shape index (κ1) is 18.7. The average Bonchev–Trinajstić information content (AvgIpc) is 2.94. The van der Waals surface area contributed by atoms with E-state index < -0.39 is 27.3 Å². The zero-order valence-corrected chi connectivity index (χ0v) is 13.5. The van der Waals surface area contributed by atoms with Crippen molar-refractivity contribution in [2.45, 2.75) is 13.5 Å². The summed E-state index contributed by atoms with van der Waals surface area (Å²) in [5, 5.41) is 21.7. The summed E-state index contributed by atoms with van der Waals surface area (Å²) in [4.78, 5) is 35.8. The third-order valence-corrected chi connectivity index (χ3v) is 3.37. The van der Waals surface area contributed by atoms with Gasteiger partial charge in [0.1, 0.15) is 25.2 Å². The Balaban J connectivity index is 1.98. The number of esters is 1. The number of imidazole rings is 1. The van der Waals surface area contributed by atoms with Crippen LogP contribution in [0.5, 0.6) is 0 Å². The first-order valence-electron chi connectivity index (χ1n) is 7.25. The number of hydrogen-bond acceptors (Lipinski definition) is 7. The highest BCUT2D eigenvalue weighted by Crippen LogP contribution is 2.21. The van der Waals surface area contributed by atoms with Crippen molar-refractivity contribution in [3.63, 3.8) is 0 Å². The molecule has 136 valence electrons. The van der Waals surface area contributed by atoms with E-state index in [-0.39, 0.29) is 24.5 Å². The molecule has 0 spiro atoms. The second-order valence-corrected chi connectivity index (χ2v) is 5.03. The Labute approximate surface area is 145 Å². The van der Waals surface area contributed by atoms with Gasteiger partial charge in [0.15, 0.2) is 5.82 Å². The third-order valence-electron chi connectivity index (χ3n) is 3.37. The molecular formula is C15H13FN4O6. The Kier molecular flexibility index (Phi) is 5.73. The summed E-state index contributed by atoms with van der Waals surface area (Å²) < 4.78 is 19.2. The number of nitro groups is 2. The number of ether oxygens (including phenoxy) is 1. The quantitative estimate of drug-likeness (QED) is 0.319. The van der Waals surface area contributed by atoms with Crippen molar-refractivity contribution >= 4 is 23.6 Å². The molecule has 0 fully saturated rings. The van der Waals surface area contributed by atoms with E-state index in [1.165, 1.54) is 4.57 Å². The average molecular weight is 364 g/mol. The number of hydrogen-bond donors (Lipinski definition) is 0. The van der Waals surface area contributed by atoms with Crippen LogP contribution in [-0.4, -0.2) is 32.0 Å². The number of carbonyl (C=O) groups excluding carboxylic acids is 1. The predicted octanol–water partition coefficient (Wildman–Crippen LogP) is 2.40. The Morgan fingerprint density at radius 3 is 2.73 bits per heavy atom. The monoisotopic (exact) mass is 364 g/mol. The van der Waals surface area contributed by atoms with Gasteiger partial charge in [-0.05, 0) is 23.1 Å². The summed E-state index contributed by atoms with van der Waals surface area (Å²) in [5.41, 5.74) is -0.451. The first-order valence-corrected chi connectivity index (χ1v) is 7.25. The molecular weight excluding hydrogens is 351 g/mol. The van der Waals surface area contributed by atoms with Crippen molar-refractivity contribution in [1.82, 2.24) is 9.55 Å². The van der Waals surface area contributed by atoms with Crippen molar-refractivity contribution < 1.29 is 23.8 Å². The Morgan fingerprint density at radius 1 is 1.35 bits per heavy atom. The highest BCUT2D eigenvalue weighted by molar-refractivity contribution is 5.87. The highest BCUT2D eigenvalue weighted by Gasteiger charge is 2.17. The van der Waals surface area contributed by atoms with E-state index in [2.05, 4.69) is 4.98 Å². The van der Waals surface area contributed by atoms with Crippen LogP contribution in [0.25, 0.3) is 6.08 Å². The van der Waals surface area contributed by atoms with E-state index in [0.29, 0.717) is 5.82 Å². The molecule has 1 aromatic heterocycles. The summed E-state index contributed by atoms with van der Waals surface area (Å²) in [6.07, 6.45) is 3.19. The second-order valence-electron chi connectivity index (χ2n) is 5.03. The van der Waals surface area contributed by atoms with Crippen LogP contribution in [0.4, 0.5) is 15.9 Å². The van der Waals surface area contributed by atoms with Crippen LogP contribution in [0.2, 0.25) is 0 Å². The zero-order chi connectivity index (χ0) is 19.3. The predicted molar refractivity (Wildman–Crippen MR) is 86.7 cm³/mol. The standard InChI is InChI=1S/C15H13FN4O6/c1-10-17-9-14(20(24)25)18(10)6-7-26-15(21)5-3-11-2-4-12(16)8-13(11)19(22)23/h2-5,8-9H,6-7H2,1H3. The van der Waals surface area contributed by atoms with Gasteiger partial charge in [-0.2, -0.15) is 0 Å². The number of aryl methyl sites for hydroxylation is 1. The van der Waals surface area contributed by atoms with Gasteiger partial charge in [-0.25, -0.2) is 18.7 Å². The fourth-order valence-corrected chi connectivity index (χ4v) is 2.14. The number of carbonyl (C=O) groups is 1. The maximum Gasteiger partial charge on any atom is 0.342 e. The summed E-state index contributed by atoms with van der Waals surface area (Å²) in [7, 11) is 0. The van der Waals surface area contributed by atoms with Gasteiger partial charge in [-0.15, -0.1) is 0 Å². The molecule has 0 aliphatic carbocycles. The van der Waals surface area contributed by atoms with Crippen LogP contribution in [-0.2, 0) is 16.1 Å². The lowest BCUT2D eigenvalue weighted by atomic mass is 10.1. The molecule has 0 atom stereocenters. The number of nitrogens with zero attached hydrogens (tertiary/aromatic N) is 4. The summed E-state index contributed by atoms with van der Waals surface area (Å²) in [6, 6.07) is 2.93. The van der Waals surface area contributed by atoms with Crippen molar-refractivity contribution in [2.24, 2.45) is 0 Å². The van der Waals surface area contributed by atoms with E-state index in [1.807, 2.05) is 0 Å². The number of aromatic nitrogens is 2. The first-order chi connectivity index (χ1) is 12.3. The van der Waals surface area contributed by atoms with Gasteiger partial charge in [0.25, 0.3) is 5.69 Å². The van der Waals surface area contributed by atoms with Crippen LogP contribution in [0.3, 0.4) is 0 Å². The van der Waals surface area contributed by atoms with E-state index >= 15 is 0 Å². The van der Waals surface area contributed by atoms with E-state index in [4.69, 9.17) is 4.74 Å². The molecule has 1 heterocycles. The Hall–Kier alpha value is -3.63. The molecule has 0 aliphatic rings. The topological polar surface area (TPSA) is 130 Å². The molecule has 2 rings (SSSR count). The lowest BCUT2D eigenvalue weighted by Gasteiger charge is -2.03. The normalized spacial score (nSPS) is 10.8. The van der Waals surface area contributed by atoms with Gasteiger partial charge in [-0.3, -0.25) is 10.1 Å². The van der Waals surface area contributed by atoms with Gasteiger partial charge in [0.2, 0.25) is 0 Å². The molecule has 1 aromatic carbocycles.